The number of carbonyl (C=O) groups excluding carboxylic acids is 3. The zero-order chi connectivity index (χ0) is 24.7. The number of fused-ring (bicyclic) bond motifs is 1. The number of nitrogens with two attached hydrogens (primary N) is 1. The van der Waals surface area contributed by atoms with Gasteiger partial charge in [-0.3, -0.25) is 14.4 Å². The van der Waals surface area contributed by atoms with Gasteiger partial charge in [0.1, 0.15) is 12.1 Å². The van der Waals surface area contributed by atoms with Crippen molar-refractivity contribution in [3.8, 4) is 0 Å². The molecule has 5 atom stereocenters. The molecule has 180 valence electrons. The first kappa shape index (κ1) is 26.2. The Morgan fingerprint density at radius 1 is 1.06 bits per heavy atom. The van der Waals surface area contributed by atoms with E-state index in [1.165, 1.54) is 13.8 Å². The largest absolute Gasteiger partial charge is 0.480 e. The minimum atomic E-state index is -1.54. The summed E-state index contributed by atoms with van der Waals surface area (Å²) in [5.74, 6) is -3.39. The van der Waals surface area contributed by atoms with Crippen molar-refractivity contribution >= 4 is 47.2 Å². The van der Waals surface area contributed by atoms with E-state index in [9.17, 15) is 24.3 Å². The molecule has 33 heavy (non-hydrogen) atoms. The molecule has 0 radical (unpaired) electrons. The van der Waals surface area contributed by atoms with Crippen LogP contribution in [-0.2, 0) is 25.6 Å². The summed E-state index contributed by atoms with van der Waals surface area (Å²) in [6.07, 6.45) is 0.498. The number of aliphatic carboxylic acids is 1. The number of nitrogens with one attached hydrogen (secondary N) is 4. The predicted molar refractivity (Wildman–Crippen MR) is 125 cm³/mol. The summed E-state index contributed by atoms with van der Waals surface area (Å²) in [6.45, 7) is 2.58. The molecule has 12 heteroatoms. The van der Waals surface area contributed by atoms with Crippen LogP contribution < -0.4 is 21.7 Å². The van der Waals surface area contributed by atoms with Gasteiger partial charge in [0.15, 0.2) is 6.04 Å². The number of carboxylic acids is 1. The SMILES string of the molecule is CC(NC(=O)C(Cc1c[nH]c2ccccc12)NC(=O)C(N)CS)C(=O)NC(C(=O)O)C(C)O. The molecule has 3 amide bonds. The molecule has 5 unspecified atom stereocenters. The number of aliphatic hydroxyl groups is 1. The van der Waals surface area contributed by atoms with Crippen molar-refractivity contribution in [2.45, 2.75) is 50.5 Å². The number of carbonyl (C=O) groups is 4. The van der Waals surface area contributed by atoms with Gasteiger partial charge in [-0.2, -0.15) is 12.6 Å². The standard InChI is InChI=1S/C21H29N5O6S/c1-10(18(28)26-17(11(2)27)21(31)32)24-20(30)16(25-19(29)14(22)9-33)7-12-8-23-15-6-4-3-5-13(12)15/h3-6,8,10-11,14,16-17,23,27,33H,7,9,22H2,1-2H3,(H,24,30)(H,25,29)(H,26,28)(H,31,32). The zero-order valence-electron chi connectivity index (χ0n) is 18.2. The van der Waals surface area contributed by atoms with E-state index in [1.807, 2.05) is 24.3 Å². The van der Waals surface area contributed by atoms with Crippen molar-refractivity contribution in [2.75, 3.05) is 5.75 Å². The number of carboxylic acid groups (broad SMARTS) is 1. The van der Waals surface area contributed by atoms with Gasteiger partial charge in [-0.25, -0.2) is 4.79 Å². The fraction of sp³-hybridized carbons (Fsp3) is 0.429. The highest BCUT2D eigenvalue weighted by atomic mass is 32.1. The van der Waals surface area contributed by atoms with E-state index in [-0.39, 0.29) is 12.2 Å². The van der Waals surface area contributed by atoms with Crippen LogP contribution in [-0.4, -0.2) is 74.9 Å². The quantitative estimate of drug-likeness (QED) is 0.188. The van der Waals surface area contributed by atoms with Crippen molar-refractivity contribution in [1.29, 1.82) is 0 Å². The van der Waals surface area contributed by atoms with Gasteiger partial charge in [-0.05, 0) is 25.5 Å². The van der Waals surface area contributed by atoms with Gasteiger partial charge in [0.05, 0.1) is 12.1 Å². The molecule has 1 heterocycles. The number of rotatable bonds is 11. The Morgan fingerprint density at radius 2 is 1.73 bits per heavy atom. The normalized spacial score (nSPS) is 15.7. The Kier molecular flexibility index (Phi) is 9.26. The Balaban J connectivity index is 2.17. The lowest BCUT2D eigenvalue weighted by Gasteiger charge is -2.24. The van der Waals surface area contributed by atoms with Gasteiger partial charge in [-0.15, -0.1) is 0 Å². The summed E-state index contributed by atoms with van der Waals surface area (Å²) in [5, 5.41) is 26.8. The Hall–Kier alpha value is -3.09. The van der Waals surface area contributed by atoms with Crippen LogP contribution in [0.4, 0.5) is 0 Å². The summed E-state index contributed by atoms with van der Waals surface area (Å²) in [5.41, 5.74) is 7.34. The van der Waals surface area contributed by atoms with Crippen molar-refractivity contribution < 1.29 is 29.4 Å². The van der Waals surface area contributed by atoms with Crippen molar-refractivity contribution in [2.24, 2.45) is 5.73 Å². The van der Waals surface area contributed by atoms with Crippen LogP contribution in [0.3, 0.4) is 0 Å². The van der Waals surface area contributed by atoms with E-state index in [0.29, 0.717) is 0 Å². The van der Waals surface area contributed by atoms with Crippen molar-refractivity contribution in [3.05, 3.63) is 36.0 Å². The van der Waals surface area contributed by atoms with Crippen LogP contribution in [0.25, 0.3) is 10.9 Å². The van der Waals surface area contributed by atoms with Crippen molar-refractivity contribution in [3.63, 3.8) is 0 Å². The number of aromatic nitrogens is 1. The van der Waals surface area contributed by atoms with Gasteiger partial charge in [0.25, 0.3) is 0 Å². The number of benzene rings is 1. The van der Waals surface area contributed by atoms with E-state index in [2.05, 4.69) is 33.6 Å². The third kappa shape index (κ3) is 6.94. The Bertz CT molecular complexity index is 1010. The van der Waals surface area contributed by atoms with E-state index in [0.717, 1.165) is 16.5 Å². The summed E-state index contributed by atoms with van der Waals surface area (Å²) >= 11 is 4.00. The molecule has 0 aliphatic carbocycles. The molecule has 0 bridgehead atoms. The third-order valence-electron chi connectivity index (χ3n) is 5.06. The number of aliphatic hydroxyl groups excluding tert-OH is 1. The van der Waals surface area contributed by atoms with Crippen LogP contribution in [0.1, 0.15) is 19.4 Å². The molecular formula is C21H29N5O6S. The van der Waals surface area contributed by atoms with Crippen LogP contribution in [0.5, 0.6) is 0 Å². The monoisotopic (exact) mass is 479 g/mol. The number of aromatic amines is 1. The van der Waals surface area contributed by atoms with Gasteiger partial charge >= 0.3 is 5.97 Å². The van der Waals surface area contributed by atoms with E-state index in [4.69, 9.17) is 10.8 Å². The molecular weight excluding hydrogens is 450 g/mol. The number of para-hydroxylation sites is 1. The summed E-state index contributed by atoms with van der Waals surface area (Å²) in [4.78, 5) is 52.0. The molecule has 2 rings (SSSR count). The second-order valence-corrected chi connectivity index (χ2v) is 8.07. The molecule has 2 aromatic rings. The number of amides is 3. The molecule has 1 aromatic heterocycles. The Labute approximate surface area is 195 Å². The van der Waals surface area contributed by atoms with Crippen LogP contribution in [0, 0.1) is 0 Å². The molecule has 8 N–H and O–H groups in total. The van der Waals surface area contributed by atoms with Gasteiger partial charge in [-0.1, -0.05) is 18.2 Å². The zero-order valence-corrected chi connectivity index (χ0v) is 19.1. The average molecular weight is 480 g/mol. The summed E-state index contributed by atoms with van der Waals surface area (Å²) < 4.78 is 0. The van der Waals surface area contributed by atoms with Crippen LogP contribution in [0.2, 0.25) is 0 Å². The fourth-order valence-electron chi connectivity index (χ4n) is 3.14. The second kappa shape index (κ2) is 11.7. The first-order chi connectivity index (χ1) is 15.5. The molecule has 1 aromatic carbocycles. The topological polar surface area (TPSA) is 187 Å². The fourth-order valence-corrected chi connectivity index (χ4v) is 3.30. The maximum absolute atomic E-state index is 13.0. The first-order valence-corrected chi connectivity index (χ1v) is 10.9. The maximum atomic E-state index is 13.0. The molecule has 0 aliphatic rings. The number of thiol groups is 1. The highest BCUT2D eigenvalue weighted by Gasteiger charge is 2.30. The lowest BCUT2D eigenvalue weighted by Crippen LogP contribution is -2.58. The summed E-state index contributed by atoms with van der Waals surface area (Å²) in [6, 6.07) is 2.77. The van der Waals surface area contributed by atoms with Gasteiger partial charge in [0.2, 0.25) is 17.7 Å². The molecule has 0 saturated carbocycles. The number of hydrogen-bond acceptors (Lipinski definition) is 7. The number of hydrogen-bond donors (Lipinski definition) is 8. The van der Waals surface area contributed by atoms with Crippen molar-refractivity contribution in [1.82, 2.24) is 20.9 Å². The smallest absolute Gasteiger partial charge is 0.328 e. The highest BCUT2D eigenvalue weighted by Crippen LogP contribution is 2.19. The van der Waals surface area contributed by atoms with Crippen LogP contribution in [0.15, 0.2) is 30.5 Å². The molecule has 0 aliphatic heterocycles. The second-order valence-electron chi connectivity index (χ2n) is 7.71. The number of H-pyrrole nitrogens is 1. The van der Waals surface area contributed by atoms with E-state index >= 15 is 0 Å². The summed E-state index contributed by atoms with van der Waals surface area (Å²) in [7, 11) is 0. The predicted octanol–water partition coefficient (Wildman–Crippen LogP) is -1.09. The Morgan fingerprint density at radius 3 is 2.33 bits per heavy atom. The van der Waals surface area contributed by atoms with E-state index < -0.39 is 54.0 Å². The first-order valence-electron chi connectivity index (χ1n) is 10.3. The van der Waals surface area contributed by atoms with Gasteiger partial charge in [0, 0.05) is 29.3 Å². The third-order valence-corrected chi connectivity index (χ3v) is 5.46. The lowest BCUT2D eigenvalue weighted by atomic mass is 10.0. The van der Waals surface area contributed by atoms with Gasteiger partial charge < -0.3 is 36.9 Å². The maximum Gasteiger partial charge on any atom is 0.328 e. The highest BCUT2D eigenvalue weighted by molar-refractivity contribution is 7.80. The lowest BCUT2D eigenvalue weighted by molar-refractivity contribution is -0.145. The molecule has 0 fully saturated rings. The molecule has 0 spiro atoms. The minimum absolute atomic E-state index is 0.0714. The molecule has 11 nitrogen and oxygen atoms in total. The van der Waals surface area contributed by atoms with E-state index in [1.54, 1.807) is 6.20 Å². The molecule has 0 saturated heterocycles. The average Bonchev–Trinajstić information content (AvgIpc) is 3.18. The minimum Gasteiger partial charge on any atom is -0.480 e. The van der Waals surface area contributed by atoms with Crippen LogP contribution >= 0.6 is 12.6 Å².